The number of carbonyl (C=O) groups is 2. The molecule has 1 amide bonds. The molecule has 3 aromatic rings. The normalized spacial score (nSPS) is 17.2. The van der Waals surface area contributed by atoms with Crippen molar-refractivity contribution in [2.24, 2.45) is 0 Å². The Balaban J connectivity index is 1.91. The number of rotatable bonds is 6. The number of aliphatic hydroxyl groups is 1. The van der Waals surface area contributed by atoms with Crippen LogP contribution >= 0.6 is 11.6 Å². The van der Waals surface area contributed by atoms with Crippen molar-refractivity contribution < 1.29 is 28.6 Å². The molecule has 1 saturated heterocycles. The van der Waals surface area contributed by atoms with Crippen molar-refractivity contribution in [1.29, 1.82) is 0 Å². The summed E-state index contributed by atoms with van der Waals surface area (Å²) in [6, 6.07) is 15.6. The molecular weight excluding hydrogens is 461 g/mol. The second kappa shape index (κ2) is 9.57. The van der Waals surface area contributed by atoms with Crippen LogP contribution in [0, 0.1) is 5.82 Å². The number of methoxy groups -OCH3 is 1. The number of carbonyl (C=O) groups excluding carboxylic acids is 2. The number of aliphatic hydroxyl groups excluding tert-OH is 1. The second-order valence-electron chi connectivity index (χ2n) is 7.50. The molecular formula is C26H21ClFNO5. The summed E-state index contributed by atoms with van der Waals surface area (Å²) in [6.45, 7) is 2.14. The number of hydrogen-bond acceptors (Lipinski definition) is 5. The van der Waals surface area contributed by atoms with Crippen molar-refractivity contribution >= 4 is 34.7 Å². The molecule has 1 atom stereocenters. The summed E-state index contributed by atoms with van der Waals surface area (Å²) in [5.41, 5.74) is 1.03. The van der Waals surface area contributed by atoms with Crippen molar-refractivity contribution in [1.82, 2.24) is 0 Å². The fraction of sp³-hybridized carbons (Fsp3) is 0.154. The second-order valence-corrected chi connectivity index (χ2v) is 7.90. The first kappa shape index (κ1) is 23.3. The largest absolute Gasteiger partial charge is 0.507 e. The van der Waals surface area contributed by atoms with Gasteiger partial charge in [-0.2, -0.15) is 0 Å². The first-order chi connectivity index (χ1) is 16.3. The third-order valence-corrected chi connectivity index (χ3v) is 5.80. The lowest BCUT2D eigenvalue weighted by molar-refractivity contribution is -0.132. The SMILES string of the molecule is CCOc1cc(/C(O)=C2/C(=O)C(=O)N(c3ccc(F)cc3)C2c2ccc(OC)cc2)ccc1Cl. The molecule has 1 aliphatic heterocycles. The van der Waals surface area contributed by atoms with E-state index in [9.17, 15) is 19.1 Å². The number of anilines is 1. The van der Waals surface area contributed by atoms with Crippen molar-refractivity contribution in [3.8, 4) is 11.5 Å². The zero-order valence-electron chi connectivity index (χ0n) is 18.4. The van der Waals surface area contributed by atoms with E-state index in [4.69, 9.17) is 21.1 Å². The third kappa shape index (κ3) is 4.22. The number of ketones is 1. The van der Waals surface area contributed by atoms with Crippen LogP contribution in [0.4, 0.5) is 10.1 Å². The molecule has 1 heterocycles. The quantitative estimate of drug-likeness (QED) is 0.285. The average Bonchev–Trinajstić information content (AvgIpc) is 3.11. The van der Waals surface area contributed by atoms with Gasteiger partial charge in [0.1, 0.15) is 23.1 Å². The maximum absolute atomic E-state index is 13.6. The van der Waals surface area contributed by atoms with Gasteiger partial charge >= 0.3 is 0 Å². The van der Waals surface area contributed by atoms with Crippen LogP contribution in [-0.2, 0) is 9.59 Å². The van der Waals surface area contributed by atoms with E-state index < -0.39 is 23.5 Å². The monoisotopic (exact) mass is 481 g/mol. The number of Topliss-reactive ketones (excluding diaryl/α,β-unsaturated/α-hetero) is 1. The van der Waals surface area contributed by atoms with Gasteiger partial charge in [-0.05, 0) is 67.1 Å². The molecule has 0 spiro atoms. The molecule has 0 radical (unpaired) electrons. The summed E-state index contributed by atoms with van der Waals surface area (Å²) in [4.78, 5) is 27.6. The standard InChI is InChI=1S/C26H21ClFNO5/c1-3-34-21-14-16(6-13-20(21)27)24(30)22-23(15-4-11-19(33-2)12-5-15)29(26(32)25(22)31)18-9-7-17(28)8-10-18/h4-14,23,30H,3H2,1-2H3/b24-22-. The minimum Gasteiger partial charge on any atom is -0.507 e. The van der Waals surface area contributed by atoms with Crippen LogP contribution in [0.2, 0.25) is 5.02 Å². The Morgan fingerprint density at radius 1 is 1.06 bits per heavy atom. The van der Waals surface area contributed by atoms with Crippen LogP contribution in [0.5, 0.6) is 11.5 Å². The Kier molecular flexibility index (Phi) is 6.56. The molecule has 1 fully saturated rings. The van der Waals surface area contributed by atoms with Gasteiger partial charge in [0, 0.05) is 11.3 Å². The van der Waals surface area contributed by atoms with Crippen molar-refractivity contribution in [3.63, 3.8) is 0 Å². The van der Waals surface area contributed by atoms with Gasteiger partial charge in [-0.25, -0.2) is 4.39 Å². The van der Waals surface area contributed by atoms with E-state index in [-0.39, 0.29) is 16.9 Å². The Bertz CT molecular complexity index is 1270. The molecule has 0 bridgehead atoms. The fourth-order valence-corrected chi connectivity index (χ4v) is 4.05. The average molecular weight is 482 g/mol. The highest BCUT2D eigenvalue weighted by Gasteiger charge is 2.47. The molecule has 0 saturated carbocycles. The summed E-state index contributed by atoms with van der Waals surface area (Å²) < 4.78 is 24.3. The summed E-state index contributed by atoms with van der Waals surface area (Å²) in [6.07, 6.45) is 0. The number of hydrogen-bond donors (Lipinski definition) is 1. The Hall–Kier alpha value is -3.84. The van der Waals surface area contributed by atoms with Crippen LogP contribution < -0.4 is 14.4 Å². The molecule has 174 valence electrons. The molecule has 1 unspecified atom stereocenters. The molecule has 1 aliphatic rings. The maximum Gasteiger partial charge on any atom is 0.300 e. The van der Waals surface area contributed by atoms with Gasteiger partial charge < -0.3 is 14.6 Å². The van der Waals surface area contributed by atoms with Crippen LogP contribution in [0.25, 0.3) is 5.76 Å². The van der Waals surface area contributed by atoms with E-state index in [0.29, 0.717) is 34.4 Å². The number of ether oxygens (including phenoxy) is 2. The lowest BCUT2D eigenvalue weighted by Crippen LogP contribution is -2.29. The van der Waals surface area contributed by atoms with Gasteiger partial charge in [0.05, 0.1) is 30.4 Å². The van der Waals surface area contributed by atoms with Crippen LogP contribution in [-0.4, -0.2) is 30.5 Å². The van der Waals surface area contributed by atoms with E-state index in [1.807, 2.05) is 0 Å². The van der Waals surface area contributed by atoms with Gasteiger partial charge in [0.15, 0.2) is 0 Å². The predicted molar refractivity (Wildman–Crippen MR) is 127 cm³/mol. The topological polar surface area (TPSA) is 76.1 Å². The van der Waals surface area contributed by atoms with Crippen molar-refractivity contribution in [2.75, 3.05) is 18.6 Å². The third-order valence-electron chi connectivity index (χ3n) is 5.49. The van der Waals surface area contributed by atoms with Crippen molar-refractivity contribution in [2.45, 2.75) is 13.0 Å². The molecule has 3 aromatic carbocycles. The van der Waals surface area contributed by atoms with E-state index in [1.54, 1.807) is 37.3 Å². The molecule has 6 nitrogen and oxygen atoms in total. The zero-order valence-corrected chi connectivity index (χ0v) is 19.2. The lowest BCUT2D eigenvalue weighted by atomic mass is 9.95. The Morgan fingerprint density at radius 3 is 2.35 bits per heavy atom. The van der Waals surface area contributed by atoms with Gasteiger partial charge in [-0.3, -0.25) is 14.5 Å². The van der Waals surface area contributed by atoms with Gasteiger partial charge in [0.2, 0.25) is 0 Å². The zero-order chi connectivity index (χ0) is 24.4. The minimum atomic E-state index is -0.956. The summed E-state index contributed by atoms with van der Waals surface area (Å²) >= 11 is 6.17. The van der Waals surface area contributed by atoms with Crippen LogP contribution in [0.1, 0.15) is 24.1 Å². The first-order valence-corrected chi connectivity index (χ1v) is 10.9. The smallest absolute Gasteiger partial charge is 0.300 e. The minimum absolute atomic E-state index is 0.107. The van der Waals surface area contributed by atoms with Gasteiger partial charge in [-0.15, -0.1) is 0 Å². The number of halogens is 2. The summed E-state index contributed by atoms with van der Waals surface area (Å²) in [5, 5.41) is 11.6. The number of amides is 1. The molecule has 8 heteroatoms. The van der Waals surface area contributed by atoms with Crippen LogP contribution in [0.3, 0.4) is 0 Å². The highest BCUT2D eigenvalue weighted by atomic mass is 35.5. The molecule has 0 aliphatic carbocycles. The van der Waals surface area contributed by atoms with Gasteiger partial charge in [-0.1, -0.05) is 23.7 Å². The number of nitrogens with zero attached hydrogens (tertiary/aromatic N) is 1. The maximum atomic E-state index is 13.6. The summed E-state index contributed by atoms with van der Waals surface area (Å²) in [7, 11) is 1.52. The lowest BCUT2D eigenvalue weighted by Gasteiger charge is -2.25. The first-order valence-electron chi connectivity index (χ1n) is 10.5. The molecule has 34 heavy (non-hydrogen) atoms. The summed E-state index contributed by atoms with van der Waals surface area (Å²) in [5.74, 6) is -1.64. The fourth-order valence-electron chi connectivity index (χ4n) is 3.87. The predicted octanol–water partition coefficient (Wildman–Crippen LogP) is 5.51. The highest BCUT2D eigenvalue weighted by molar-refractivity contribution is 6.51. The van der Waals surface area contributed by atoms with Gasteiger partial charge in [0.25, 0.3) is 11.7 Å². The van der Waals surface area contributed by atoms with E-state index in [0.717, 1.165) is 0 Å². The Labute approximate surface area is 200 Å². The highest BCUT2D eigenvalue weighted by Crippen LogP contribution is 2.43. The van der Waals surface area contributed by atoms with E-state index in [1.165, 1.54) is 48.4 Å². The molecule has 4 rings (SSSR count). The Morgan fingerprint density at radius 2 is 1.74 bits per heavy atom. The molecule has 1 N–H and O–H groups in total. The van der Waals surface area contributed by atoms with E-state index in [2.05, 4.69) is 0 Å². The van der Waals surface area contributed by atoms with E-state index >= 15 is 0 Å². The van der Waals surface area contributed by atoms with Crippen LogP contribution in [0.15, 0.2) is 72.3 Å². The molecule has 0 aromatic heterocycles. The number of benzene rings is 3. The van der Waals surface area contributed by atoms with Crippen molar-refractivity contribution in [3.05, 3.63) is 94.3 Å².